The SMILES string of the molecule is COc1ccc(C(N)=[NH+]OC(=O)COc2cccc(C)c2)cc1OC. The first-order valence-electron chi connectivity index (χ1n) is 7.53. The average molecular weight is 345 g/mol. The molecule has 0 unspecified atom stereocenters. The zero-order valence-corrected chi connectivity index (χ0v) is 14.4. The van der Waals surface area contributed by atoms with Crippen LogP contribution in [0.4, 0.5) is 0 Å². The Labute approximate surface area is 145 Å². The van der Waals surface area contributed by atoms with E-state index in [4.69, 9.17) is 24.8 Å². The highest BCUT2D eigenvalue weighted by Gasteiger charge is 2.12. The summed E-state index contributed by atoms with van der Waals surface area (Å²) in [6.45, 7) is 1.70. The van der Waals surface area contributed by atoms with Crippen molar-refractivity contribution in [2.24, 2.45) is 5.73 Å². The van der Waals surface area contributed by atoms with Crippen molar-refractivity contribution in [1.29, 1.82) is 0 Å². The zero-order chi connectivity index (χ0) is 18.2. The standard InChI is InChI=1S/C18H20N2O5/c1-12-5-4-6-14(9-12)24-11-17(21)25-20-18(19)13-7-8-15(22-2)16(10-13)23-3/h4-10H,11H2,1-3H3,(H2,19,20)/p+1. The van der Waals surface area contributed by atoms with Crippen LogP contribution in [0.25, 0.3) is 0 Å². The summed E-state index contributed by atoms with van der Waals surface area (Å²) in [5, 5.41) is 2.40. The molecule has 0 fully saturated rings. The normalized spacial score (nSPS) is 10.9. The summed E-state index contributed by atoms with van der Waals surface area (Å²) < 4.78 is 15.7. The Morgan fingerprint density at radius 2 is 1.84 bits per heavy atom. The van der Waals surface area contributed by atoms with Crippen molar-refractivity contribution in [1.82, 2.24) is 0 Å². The molecule has 7 nitrogen and oxygen atoms in total. The molecule has 0 atom stereocenters. The molecule has 7 heteroatoms. The van der Waals surface area contributed by atoms with Crippen LogP contribution < -0.4 is 25.1 Å². The molecular formula is C18H21N2O5+. The van der Waals surface area contributed by atoms with Crippen LogP contribution in [0.2, 0.25) is 0 Å². The fourth-order valence-electron chi connectivity index (χ4n) is 2.05. The van der Waals surface area contributed by atoms with E-state index in [1.807, 2.05) is 25.1 Å². The van der Waals surface area contributed by atoms with Gasteiger partial charge in [-0.3, -0.25) is 10.6 Å². The maximum absolute atomic E-state index is 11.7. The Morgan fingerprint density at radius 3 is 2.52 bits per heavy atom. The average Bonchev–Trinajstić information content (AvgIpc) is 2.63. The number of ether oxygens (including phenoxy) is 3. The molecule has 2 aromatic carbocycles. The minimum Gasteiger partial charge on any atom is -0.493 e. The third-order valence-electron chi connectivity index (χ3n) is 3.32. The number of hydrogen-bond acceptors (Lipinski definition) is 5. The van der Waals surface area contributed by atoms with Crippen LogP contribution in [0.3, 0.4) is 0 Å². The van der Waals surface area contributed by atoms with Crippen molar-refractivity contribution >= 4 is 11.8 Å². The number of nitrogens with two attached hydrogens (primary N) is 1. The van der Waals surface area contributed by atoms with Crippen LogP contribution in [-0.4, -0.2) is 32.6 Å². The maximum atomic E-state index is 11.7. The van der Waals surface area contributed by atoms with Gasteiger partial charge in [-0.1, -0.05) is 17.3 Å². The monoisotopic (exact) mass is 345 g/mol. The van der Waals surface area contributed by atoms with Crippen LogP contribution in [-0.2, 0) is 9.63 Å². The Balaban J connectivity index is 1.95. The van der Waals surface area contributed by atoms with Gasteiger partial charge in [-0.15, -0.1) is 0 Å². The first-order valence-corrected chi connectivity index (χ1v) is 7.53. The predicted molar refractivity (Wildman–Crippen MR) is 91.6 cm³/mol. The molecule has 25 heavy (non-hydrogen) atoms. The van der Waals surface area contributed by atoms with Crippen LogP contribution >= 0.6 is 0 Å². The third-order valence-corrected chi connectivity index (χ3v) is 3.32. The first kappa shape index (κ1) is 18.1. The Kier molecular flexibility index (Phi) is 6.22. The molecule has 0 bridgehead atoms. The Morgan fingerprint density at radius 1 is 1.08 bits per heavy atom. The number of carbonyl (C=O) groups is 1. The van der Waals surface area contributed by atoms with Gasteiger partial charge >= 0.3 is 11.8 Å². The third kappa shape index (κ3) is 5.13. The lowest BCUT2D eigenvalue weighted by molar-refractivity contribution is -0.724. The van der Waals surface area contributed by atoms with Gasteiger partial charge in [0.2, 0.25) is 0 Å². The topological polar surface area (TPSA) is 94.0 Å². The van der Waals surface area contributed by atoms with E-state index in [2.05, 4.69) is 5.16 Å². The number of methoxy groups -OCH3 is 2. The summed E-state index contributed by atoms with van der Waals surface area (Å²) in [7, 11) is 3.06. The molecular weight excluding hydrogens is 324 g/mol. The van der Waals surface area contributed by atoms with Crippen molar-refractivity contribution < 1.29 is 29.0 Å². The number of carbonyl (C=O) groups excluding carboxylic acids is 1. The highest BCUT2D eigenvalue weighted by molar-refractivity contribution is 5.93. The molecule has 0 saturated carbocycles. The number of rotatable bonds is 7. The van der Waals surface area contributed by atoms with E-state index in [9.17, 15) is 4.79 Å². The Hall–Kier alpha value is -3.22. The second-order valence-electron chi connectivity index (χ2n) is 5.16. The molecule has 2 aromatic rings. The minimum atomic E-state index is -0.607. The zero-order valence-electron chi connectivity index (χ0n) is 14.4. The molecule has 0 heterocycles. The number of benzene rings is 2. The van der Waals surface area contributed by atoms with Crippen LogP contribution in [0.5, 0.6) is 17.2 Å². The van der Waals surface area contributed by atoms with Crippen molar-refractivity contribution in [3.8, 4) is 17.2 Å². The minimum absolute atomic E-state index is 0.157. The van der Waals surface area contributed by atoms with E-state index in [1.165, 1.54) is 7.11 Å². The van der Waals surface area contributed by atoms with Crippen molar-refractivity contribution in [3.05, 3.63) is 53.6 Å². The molecule has 2 rings (SSSR count). The van der Waals surface area contributed by atoms with Crippen LogP contribution in [0.15, 0.2) is 42.5 Å². The summed E-state index contributed by atoms with van der Waals surface area (Å²) in [5.41, 5.74) is 7.50. The molecule has 0 aliphatic rings. The van der Waals surface area contributed by atoms with Crippen LogP contribution in [0.1, 0.15) is 11.1 Å². The van der Waals surface area contributed by atoms with Gasteiger partial charge in [-0.2, -0.15) is 0 Å². The largest absolute Gasteiger partial charge is 0.493 e. The van der Waals surface area contributed by atoms with Gasteiger partial charge < -0.3 is 14.2 Å². The lowest BCUT2D eigenvalue weighted by atomic mass is 10.2. The molecule has 0 aliphatic heterocycles. The van der Waals surface area contributed by atoms with Crippen molar-refractivity contribution in [2.45, 2.75) is 6.92 Å². The van der Waals surface area contributed by atoms with Crippen molar-refractivity contribution in [2.75, 3.05) is 20.8 Å². The maximum Gasteiger partial charge on any atom is 0.394 e. The Bertz CT molecular complexity index is 774. The van der Waals surface area contributed by atoms with Gasteiger partial charge in [0.05, 0.1) is 19.8 Å². The lowest BCUT2D eigenvalue weighted by Crippen LogP contribution is -2.76. The van der Waals surface area contributed by atoms with E-state index < -0.39 is 5.97 Å². The highest BCUT2D eigenvalue weighted by atomic mass is 16.7. The summed E-state index contributed by atoms with van der Waals surface area (Å²) in [6, 6.07) is 12.4. The summed E-state index contributed by atoms with van der Waals surface area (Å²) >= 11 is 0. The molecule has 0 aromatic heterocycles. The molecule has 0 radical (unpaired) electrons. The molecule has 0 spiro atoms. The smallest absolute Gasteiger partial charge is 0.394 e. The fraction of sp³-hybridized carbons (Fsp3) is 0.222. The van der Waals surface area contributed by atoms with Crippen LogP contribution in [0, 0.1) is 6.92 Å². The number of nitrogens with one attached hydrogen (secondary N) is 1. The van der Waals surface area contributed by atoms with E-state index in [0.29, 0.717) is 22.8 Å². The molecule has 3 N–H and O–H groups in total. The molecule has 0 saturated heterocycles. The first-order chi connectivity index (χ1) is 12.0. The second-order valence-corrected chi connectivity index (χ2v) is 5.16. The van der Waals surface area contributed by atoms with Gasteiger partial charge in [-0.25, -0.2) is 4.79 Å². The van der Waals surface area contributed by atoms with Crippen molar-refractivity contribution in [3.63, 3.8) is 0 Å². The predicted octanol–water partition coefficient (Wildman–Crippen LogP) is 0.335. The molecule has 0 aliphatic carbocycles. The van der Waals surface area contributed by atoms with E-state index in [1.54, 1.807) is 31.4 Å². The van der Waals surface area contributed by atoms with E-state index in [-0.39, 0.29) is 12.4 Å². The number of hydrogen-bond donors (Lipinski definition) is 2. The van der Waals surface area contributed by atoms with E-state index in [0.717, 1.165) is 5.56 Å². The number of nitrogen functional groups attached to an aromatic ring is 1. The van der Waals surface area contributed by atoms with E-state index >= 15 is 0 Å². The number of amidine groups is 1. The van der Waals surface area contributed by atoms with Gasteiger partial charge in [0.15, 0.2) is 18.1 Å². The second kappa shape index (κ2) is 8.58. The summed E-state index contributed by atoms with van der Waals surface area (Å²) in [6.07, 6.45) is 0. The molecule has 0 amide bonds. The highest BCUT2D eigenvalue weighted by Crippen LogP contribution is 2.26. The van der Waals surface area contributed by atoms with Gasteiger partial charge in [0.25, 0.3) is 0 Å². The van der Waals surface area contributed by atoms with Gasteiger partial charge in [0.1, 0.15) is 5.75 Å². The fourth-order valence-corrected chi connectivity index (χ4v) is 2.05. The van der Waals surface area contributed by atoms with Gasteiger partial charge in [0, 0.05) is 0 Å². The summed E-state index contributed by atoms with van der Waals surface area (Å²) in [4.78, 5) is 16.6. The lowest BCUT2D eigenvalue weighted by Gasteiger charge is -2.07. The van der Waals surface area contributed by atoms with Gasteiger partial charge in [-0.05, 0) is 42.8 Å². The quantitative estimate of drug-likeness (QED) is 0.325. The summed E-state index contributed by atoms with van der Waals surface area (Å²) in [5.74, 6) is 1.23. The molecule has 132 valence electrons. The number of aryl methyl sites for hydroxylation is 1.